The van der Waals surface area contributed by atoms with E-state index in [1.54, 1.807) is 18.5 Å². The number of rotatable bonds is 6. The molecule has 178 valence electrons. The normalized spacial score (nSPS) is 16.5. The minimum atomic E-state index is -4.34. The third kappa shape index (κ3) is 4.69. The van der Waals surface area contributed by atoms with Crippen LogP contribution in [0, 0.1) is 0 Å². The number of hydrogen-bond acceptors (Lipinski definition) is 6. The molecule has 0 saturated carbocycles. The van der Waals surface area contributed by atoms with Crippen LogP contribution < -0.4 is 10.2 Å². The van der Waals surface area contributed by atoms with E-state index in [2.05, 4.69) is 20.3 Å². The van der Waals surface area contributed by atoms with E-state index in [0.717, 1.165) is 24.3 Å². The summed E-state index contributed by atoms with van der Waals surface area (Å²) < 4.78 is 54.1. The molecular weight excluding hydrogens is 454 g/mol. The molecule has 1 aliphatic rings. The zero-order valence-corrected chi connectivity index (χ0v) is 18.1. The molecule has 11 heteroatoms. The van der Waals surface area contributed by atoms with Gasteiger partial charge in [0.05, 0.1) is 11.7 Å². The number of halogens is 4. The zero-order valence-electron chi connectivity index (χ0n) is 18.1. The Bertz CT molecular complexity index is 1170. The monoisotopic (exact) mass is 475 g/mol. The number of aliphatic hydroxyl groups is 1. The summed E-state index contributed by atoms with van der Waals surface area (Å²) >= 11 is 0. The molecular formula is C23H21F4N5O2. The van der Waals surface area contributed by atoms with Gasteiger partial charge < -0.3 is 15.3 Å². The average Bonchev–Trinajstić information content (AvgIpc) is 3.25. The first-order chi connectivity index (χ1) is 16.1. The van der Waals surface area contributed by atoms with Crippen molar-refractivity contribution in [1.82, 2.24) is 15.0 Å². The van der Waals surface area contributed by atoms with Gasteiger partial charge in [-0.15, -0.1) is 0 Å². The van der Waals surface area contributed by atoms with Crippen molar-refractivity contribution >= 4 is 17.4 Å². The number of benzene rings is 1. The predicted molar refractivity (Wildman–Crippen MR) is 117 cm³/mol. The third-order valence-electron chi connectivity index (χ3n) is 5.52. The lowest BCUT2D eigenvalue weighted by atomic mass is 10.0. The maximum Gasteiger partial charge on any atom is 0.335 e. The van der Waals surface area contributed by atoms with Crippen LogP contribution in [0.3, 0.4) is 0 Å². The minimum absolute atomic E-state index is 0.150. The van der Waals surface area contributed by atoms with E-state index in [1.165, 1.54) is 12.5 Å². The fourth-order valence-corrected chi connectivity index (χ4v) is 3.64. The van der Waals surface area contributed by atoms with Crippen molar-refractivity contribution in [3.8, 4) is 11.1 Å². The molecule has 1 fully saturated rings. The number of aliphatic hydroxyl groups excluding tert-OH is 1. The SMILES string of the molecule is CC(F)(F)C(F)(F)c1ccc(NC(=O)c2cnc(N3CC[C@@H](O)C3)c(-c3cncnc3)c2)cc1. The summed E-state index contributed by atoms with van der Waals surface area (Å²) in [5.41, 5.74) is 0.677. The molecule has 0 radical (unpaired) electrons. The number of pyridine rings is 1. The Hall–Kier alpha value is -3.60. The van der Waals surface area contributed by atoms with Crippen LogP contribution in [0.15, 0.2) is 55.2 Å². The first-order valence-electron chi connectivity index (χ1n) is 10.4. The van der Waals surface area contributed by atoms with E-state index >= 15 is 0 Å². The van der Waals surface area contributed by atoms with Crippen molar-refractivity contribution in [3.63, 3.8) is 0 Å². The molecule has 34 heavy (non-hydrogen) atoms. The lowest BCUT2D eigenvalue weighted by molar-refractivity contribution is -0.204. The number of nitrogens with one attached hydrogen (secondary N) is 1. The van der Waals surface area contributed by atoms with Crippen molar-refractivity contribution in [2.75, 3.05) is 23.3 Å². The molecule has 1 aliphatic heterocycles. The summed E-state index contributed by atoms with van der Waals surface area (Å²) in [7, 11) is 0. The Morgan fingerprint density at radius 1 is 1.12 bits per heavy atom. The van der Waals surface area contributed by atoms with Crippen LogP contribution in [0.4, 0.5) is 29.1 Å². The highest BCUT2D eigenvalue weighted by Crippen LogP contribution is 2.42. The van der Waals surface area contributed by atoms with Crippen LogP contribution in [-0.4, -0.2) is 51.1 Å². The number of amides is 1. The lowest BCUT2D eigenvalue weighted by Crippen LogP contribution is -2.34. The Balaban J connectivity index is 1.59. The Morgan fingerprint density at radius 2 is 1.79 bits per heavy atom. The summed E-state index contributed by atoms with van der Waals surface area (Å²) in [5, 5.41) is 12.5. The van der Waals surface area contributed by atoms with Crippen LogP contribution in [0.25, 0.3) is 11.1 Å². The summed E-state index contributed by atoms with van der Waals surface area (Å²) in [6.45, 7) is 1.14. The summed E-state index contributed by atoms with van der Waals surface area (Å²) in [6, 6.07) is 5.55. The molecule has 0 aliphatic carbocycles. The van der Waals surface area contributed by atoms with Crippen molar-refractivity contribution in [3.05, 3.63) is 66.4 Å². The Kier molecular flexibility index (Phi) is 6.22. The number of anilines is 2. The molecule has 1 saturated heterocycles. The molecule has 2 aromatic heterocycles. The first kappa shape index (κ1) is 23.6. The van der Waals surface area contributed by atoms with Gasteiger partial charge in [-0.3, -0.25) is 4.79 Å². The molecule has 3 heterocycles. The van der Waals surface area contributed by atoms with Gasteiger partial charge in [0.25, 0.3) is 5.91 Å². The molecule has 1 atom stereocenters. The smallest absolute Gasteiger partial charge is 0.335 e. The van der Waals surface area contributed by atoms with Gasteiger partial charge >= 0.3 is 11.8 Å². The first-order valence-corrected chi connectivity index (χ1v) is 10.4. The highest BCUT2D eigenvalue weighted by molar-refractivity contribution is 6.05. The third-order valence-corrected chi connectivity index (χ3v) is 5.52. The predicted octanol–water partition coefficient (Wildman–Crippen LogP) is 4.11. The van der Waals surface area contributed by atoms with Gasteiger partial charge in [-0.25, -0.2) is 15.0 Å². The molecule has 1 amide bonds. The van der Waals surface area contributed by atoms with Crippen LogP contribution in [0.1, 0.15) is 29.3 Å². The van der Waals surface area contributed by atoms with E-state index in [4.69, 9.17) is 0 Å². The van der Waals surface area contributed by atoms with Gasteiger partial charge in [0, 0.05) is 61.0 Å². The van der Waals surface area contributed by atoms with E-state index in [0.29, 0.717) is 36.5 Å². The number of β-amino-alcohol motifs (C(OH)–C–C–N with tert-alkyl or cyclic N) is 1. The van der Waals surface area contributed by atoms with Crippen molar-refractivity contribution < 1.29 is 27.5 Å². The second-order valence-corrected chi connectivity index (χ2v) is 8.11. The zero-order chi connectivity index (χ0) is 24.5. The summed E-state index contributed by atoms with van der Waals surface area (Å²) in [4.78, 5) is 27.2. The molecule has 0 bridgehead atoms. The van der Waals surface area contributed by atoms with Crippen molar-refractivity contribution in [2.24, 2.45) is 0 Å². The lowest BCUT2D eigenvalue weighted by Gasteiger charge is -2.23. The largest absolute Gasteiger partial charge is 0.391 e. The minimum Gasteiger partial charge on any atom is -0.391 e. The standard InChI is InChI=1S/C23H21F4N5O2/c1-22(24,25)23(26,27)16-2-4-17(5-3-16)31-21(34)14-8-19(15-9-28-13-29-10-15)20(30-11-14)32-7-6-18(33)12-32/h2-5,8-11,13,18,33H,6-7,12H2,1H3,(H,31,34)/t18-/m1/s1. The van der Waals surface area contributed by atoms with Crippen LogP contribution in [-0.2, 0) is 5.92 Å². The second-order valence-electron chi connectivity index (χ2n) is 8.11. The molecule has 0 unspecified atom stereocenters. The van der Waals surface area contributed by atoms with Crippen LogP contribution >= 0.6 is 0 Å². The average molecular weight is 475 g/mol. The number of alkyl halides is 4. The maximum atomic E-state index is 13.8. The molecule has 4 rings (SSSR count). The molecule has 0 spiro atoms. The molecule has 3 aromatic rings. The van der Waals surface area contributed by atoms with Crippen molar-refractivity contribution in [1.29, 1.82) is 0 Å². The van der Waals surface area contributed by atoms with Gasteiger partial charge in [0.15, 0.2) is 0 Å². The highest BCUT2D eigenvalue weighted by atomic mass is 19.3. The topological polar surface area (TPSA) is 91.2 Å². The molecule has 2 N–H and O–H groups in total. The fraction of sp³-hybridized carbons (Fsp3) is 0.304. The number of aromatic nitrogens is 3. The summed E-state index contributed by atoms with van der Waals surface area (Å²) in [6.07, 6.45) is 5.99. The second kappa shape index (κ2) is 8.98. The van der Waals surface area contributed by atoms with Crippen LogP contribution in [0.5, 0.6) is 0 Å². The number of carbonyl (C=O) groups excluding carboxylic acids is 1. The number of carbonyl (C=O) groups is 1. The number of nitrogens with zero attached hydrogens (tertiary/aromatic N) is 4. The van der Waals surface area contributed by atoms with E-state index in [1.807, 2.05) is 4.90 Å². The maximum absolute atomic E-state index is 13.8. The quantitative estimate of drug-likeness (QED) is 0.522. The Morgan fingerprint density at radius 3 is 2.38 bits per heavy atom. The van der Waals surface area contributed by atoms with Gasteiger partial charge in [-0.2, -0.15) is 17.6 Å². The van der Waals surface area contributed by atoms with E-state index in [-0.39, 0.29) is 18.2 Å². The fourth-order valence-electron chi connectivity index (χ4n) is 3.64. The van der Waals surface area contributed by atoms with Gasteiger partial charge in [-0.05, 0) is 24.6 Å². The summed E-state index contributed by atoms with van der Waals surface area (Å²) in [5.74, 6) is -8.58. The van der Waals surface area contributed by atoms with E-state index < -0.39 is 29.4 Å². The van der Waals surface area contributed by atoms with Gasteiger partial charge in [0.1, 0.15) is 12.1 Å². The van der Waals surface area contributed by atoms with Gasteiger partial charge in [0.2, 0.25) is 0 Å². The van der Waals surface area contributed by atoms with Crippen molar-refractivity contribution in [2.45, 2.75) is 31.3 Å². The van der Waals surface area contributed by atoms with Gasteiger partial charge in [-0.1, -0.05) is 12.1 Å². The van der Waals surface area contributed by atoms with Crippen LogP contribution in [0.2, 0.25) is 0 Å². The highest BCUT2D eigenvalue weighted by Gasteiger charge is 2.53. The molecule has 1 aromatic carbocycles. The Labute approximate surface area is 192 Å². The molecule has 7 nitrogen and oxygen atoms in total. The van der Waals surface area contributed by atoms with E-state index in [9.17, 15) is 27.5 Å². The number of hydrogen-bond donors (Lipinski definition) is 2.